The molecule has 2 aromatic rings. The van der Waals surface area contributed by atoms with Crippen molar-refractivity contribution in [3.63, 3.8) is 0 Å². The lowest BCUT2D eigenvalue weighted by Crippen LogP contribution is -2.23. The second-order valence-electron chi connectivity index (χ2n) is 3.11. The molecule has 0 bridgehead atoms. The van der Waals surface area contributed by atoms with E-state index in [1.165, 1.54) is 0 Å². The maximum atomic E-state index is 11.7. The highest BCUT2D eigenvalue weighted by molar-refractivity contribution is 6.05. The summed E-state index contributed by atoms with van der Waals surface area (Å²) in [4.78, 5) is 19.6. The number of hydrogen-bond donors (Lipinski definition) is 2. The number of hydroxylamine groups is 1. The van der Waals surface area contributed by atoms with Gasteiger partial charge in [-0.3, -0.25) is 9.63 Å². The second kappa shape index (κ2) is 4.14. The summed E-state index contributed by atoms with van der Waals surface area (Å²) >= 11 is 0. The third-order valence-corrected chi connectivity index (χ3v) is 2.15. The van der Waals surface area contributed by atoms with E-state index in [0.717, 1.165) is 10.9 Å². The second-order valence-corrected chi connectivity index (χ2v) is 3.11. The summed E-state index contributed by atoms with van der Waals surface area (Å²) in [5.41, 5.74) is 3.93. The Hall–Kier alpha value is -1.81. The number of amides is 1. The molecule has 0 aliphatic carbocycles. The summed E-state index contributed by atoms with van der Waals surface area (Å²) in [7, 11) is 0. The average Bonchev–Trinajstić information content (AvgIpc) is 2.73. The molecular weight excluding hydrogens is 192 g/mol. The molecule has 4 nitrogen and oxygen atoms in total. The van der Waals surface area contributed by atoms with E-state index in [2.05, 4.69) is 10.5 Å². The van der Waals surface area contributed by atoms with Crippen LogP contribution in [0.2, 0.25) is 0 Å². The van der Waals surface area contributed by atoms with Gasteiger partial charge in [0.2, 0.25) is 0 Å². The Morgan fingerprint density at radius 1 is 1.47 bits per heavy atom. The van der Waals surface area contributed by atoms with Crippen molar-refractivity contribution in [1.82, 2.24) is 10.5 Å². The fraction of sp³-hybridized carbons (Fsp3) is 0.182. The third-order valence-electron chi connectivity index (χ3n) is 2.15. The van der Waals surface area contributed by atoms with Gasteiger partial charge < -0.3 is 4.98 Å². The van der Waals surface area contributed by atoms with E-state index in [9.17, 15) is 4.79 Å². The topological polar surface area (TPSA) is 54.1 Å². The zero-order valence-electron chi connectivity index (χ0n) is 8.41. The maximum Gasteiger partial charge on any atom is 0.275 e. The lowest BCUT2D eigenvalue weighted by Gasteiger charge is -2.04. The summed E-state index contributed by atoms with van der Waals surface area (Å²) in [6.45, 7) is 2.27. The first-order valence-corrected chi connectivity index (χ1v) is 4.81. The minimum atomic E-state index is -0.220. The first-order chi connectivity index (χ1) is 7.33. The predicted octanol–water partition coefficient (Wildman–Crippen LogP) is 1.85. The summed E-state index contributed by atoms with van der Waals surface area (Å²) < 4.78 is 0. The fourth-order valence-electron chi connectivity index (χ4n) is 1.48. The molecule has 4 heteroatoms. The van der Waals surface area contributed by atoms with E-state index in [4.69, 9.17) is 4.84 Å². The molecule has 1 amide bonds. The van der Waals surface area contributed by atoms with Crippen LogP contribution in [-0.4, -0.2) is 17.5 Å². The molecule has 0 aliphatic heterocycles. The minimum Gasteiger partial charge on any atom is -0.361 e. The standard InChI is InChI=1S/C11H12N2O2/c1-2-15-13-11(14)9-4-3-5-10-8(9)6-7-12-10/h3-7,12H,2H2,1H3,(H,13,14). The van der Waals surface area contributed by atoms with E-state index in [0.29, 0.717) is 12.2 Å². The normalized spacial score (nSPS) is 10.5. The van der Waals surface area contributed by atoms with Gasteiger partial charge in [-0.2, -0.15) is 0 Å². The molecule has 0 radical (unpaired) electrons. The predicted molar refractivity (Wildman–Crippen MR) is 57.4 cm³/mol. The molecule has 0 unspecified atom stereocenters. The molecule has 0 atom stereocenters. The highest BCUT2D eigenvalue weighted by Gasteiger charge is 2.09. The molecule has 15 heavy (non-hydrogen) atoms. The molecule has 1 heterocycles. The Labute approximate surface area is 87.2 Å². The fourth-order valence-corrected chi connectivity index (χ4v) is 1.48. The number of rotatable bonds is 3. The first-order valence-electron chi connectivity index (χ1n) is 4.81. The van der Waals surface area contributed by atoms with Crippen LogP contribution in [0, 0.1) is 0 Å². The summed E-state index contributed by atoms with van der Waals surface area (Å²) in [5, 5.41) is 0.898. The van der Waals surface area contributed by atoms with Crippen LogP contribution >= 0.6 is 0 Å². The molecule has 1 aromatic heterocycles. The van der Waals surface area contributed by atoms with Gasteiger partial charge in [-0.1, -0.05) is 6.07 Å². The maximum absolute atomic E-state index is 11.7. The van der Waals surface area contributed by atoms with Crippen molar-refractivity contribution in [2.45, 2.75) is 6.92 Å². The van der Waals surface area contributed by atoms with Crippen molar-refractivity contribution in [3.8, 4) is 0 Å². The minimum absolute atomic E-state index is 0.220. The Morgan fingerprint density at radius 3 is 3.13 bits per heavy atom. The van der Waals surface area contributed by atoms with Gasteiger partial charge in [-0.25, -0.2) is 5.48 Å². The SMILES string of the molecule is CCONC(=O)c1cccc2[nH]ccc12. The zero-order chi connectivity index (χ0) is 10.7. The highest BCUT2D eigenvalue weighted by atomic mass is 16.6. The summed E-state index contributed by atoms with van der Waals surface area (Å²) in [6, 6.07) is 7.40. The first kappa shape index (κ1) is 9.73. The van der Waals surface area contributed by atoms with Crippen molar-refractivity contribution in [2.24, 2.45) is 0 Å². The van der Waals surface area contributed by atoms with Crippen molar-refractivity contribution in [2.75, 3.05) is 6.61 Å². The smallest absolute Gasteiger partial charge is 0.275 e. The van der Waals surface area contributed by atoms with Gasteiger partial charge in [-0.15, -0.1) is 0 Å². The lowest BCUT2D eigenvalue weighted by molar-refractivity contribution is 0.0366. The largest absolute Gasteiger partial charge is 0.361 e. The Bertz CT molecular complexity index is 476. The summed E-state index contributed by atoms with van der Waals surface area (Å²) in [6.07, 6.45) is 1.81. The van der Waals surface area contributed by atoms with Crippen molar-refractivity contribution < 1.29 is 9.63 Å². The van der Waals surface area contributed by atoms with Crippen molar-refractivity contribution in [1.29, 1.82) is 0 Å². The van der Waals surface area contributed by atoms with Crippen LogP contribution in [-0.2, 0) is 4.84 Å². The highest BCUT2D eigenvalue weighted by Crippen LogP contribution is 2.16. The van der Waals surface area contributed by atoms with Gasteiger partial charge in [0.15, 0.2) is 0 Å². The van der Waals surface area contributed by atoms with E-state index in [1.807, 2.05) is 31.3 Å². The van der Waals surface area contributed by atoms with Gasteiger partial charge >= 0.3 is 0 Å². The Balaban J connectivity index is 2.34. The van der Waals surface area contributed by atoms with Crippen LogP contribution in [0.4, 0.5) is 0 Å². The monoisotopic (exact) mass is 204 g/mol. The van der Waals surface area contributed by atoms with Gasteiger partial charge in [0.05, 0.1) is 12.2 Å². The lowest BCUT2D eigenvalue weighted by atomic mass is 10.1. The van der Waals surface area contributed by atoms with Gasteiger partial charge in [0.1, 0.15) is 0 Å². The molecule has 2 N–H and O–H groups in total. The number of fused-ring (bicyclic) bond motifs is 1. The molecule has 0 fully saturated rings. The van der Waals surface area contributed by atoms with Crippen LogP contribution in [0.1, 0.15) is 17.3 Å². The molecule has 1 aromatic carbocycles. The Kier molecular flexibility index (Phi) is 2.69. The number of nitrogens with one attached hydrogen (secondary N) is 2. The molecular formula is C11H12N2O2. The van der Waals surface area contributed by atoms with Crippen LogP contribution in [0.3, 0.4) is 0 Å². The van der Waals surface area contributed by atoms with Gasteiger partial charge in [0.25, 0.3) is 5.91 Å². The molecule has 2 rings (SSSR count). The van der Waals surface area contributed by atoms with Gasteiger partial charge in [0, 0.05) is 17.1 Å². The van der Waals surface area contributed by atoms with Crippen molar-refractivity contribution in [3.05, 3.63) is 36.0 Å². The number of carbonyl (C=O) groups excluding carboxylic acids is 1. The molecule has 78 valence electrons. The van der Waals surface area contributed by atoms with E-state index in [-0.39, 0.29) is 5.91 Å². The molecule has 0 spiro atoms. The van der Waals surface area contributed by atoms with Crippen LogP contribution in [0.5, 0.6) is 0 Å². The van der Waals surface area contributed by atoms with E-state index < -0.39 is 0 Å². The number of aromatic nitrogens is 1. The van der Waals surface area contributed by atoms with Crippen LogP contribution in [0.15, 0.2) is 30.5 Å². The number of H-pyrrole nitrogens is 1. The van der Waals surface area contributed by atoms with Crippen molar-refractivity contribution >= 4 is 16.8 Å². The van der Waals surface area contributed by atoms with Crippen LogP contribution < -0.4 is 5.48 Å². The molecule has 0 saturated heterocycles. The molecule has 0 aliphatic rings. The van der Waals surface area contributed by atoms with E-state index >= 15 is 0 Å². The number of hydrogen-bond acceptors (Lipinski definition) is 2. The summed E-state index contributed by atoms with van der Waals surface area (Å²) in [5.74, 6) is -0.220. The van der Waals surface area contributed by atoms with Gasteiger partial charge in [-0.05, 0) is 25.1 Å². The van der Waals surface area contributed by atoms with E-state index in [1.54, 1.807) is 6.07 Å². The Morgan fingerprint density at radius 2 is 2.33 bits per heavy atom. The quantitative estimate of drug-likeness (QED) is 0.749. The average molecular weight is 204 g/mol. The number of benzene rings is 1. The third kappa shape index (κ3) is 1.85. The zero-order valence-corrected chi connectivity index (χ0v) is 8.41. The van der Waals surface area contributed by atoms with Crippen LogP contribution in [0.25, 0.3) is 10.9 Å². The number of carbonyl (C=O) groups is 1. The number of aromatic amines is 1. The molecule has 0 saturated carbocycles.